The number of aromatic nitrogens is 3. The van der Waals surface area contributed by atoms with Crippen molar-refractivity contribution in [2.24, 2.45) is 5.73 Å². The van der Waals surface area contributed by atoms with Crippen molar-refractivity contribution in [3.8, 4) is 5.69 Å². The predicted octanol–water partition coefficient (Wildman–Crippen LogP) is 1.27. The molecule has 6 nitrogen and oxygen atoms in total. The van der Waals surface area contributed by atoms with Gasteiger partial charge in [-0.2, -0.15) is 9.90 Å². The average molecular weight is 285 g/mol. The van der Waals surface area contributed by atoms with E-state index >= 15 is 0 Å². The first kappa shape index (κ1) is 13.8. The normalized spacial score (nSPS) is 22.0. The summed E-state index contributed by atoms with van der Waals surface area (Å²) in [4.78, 5) is 13.6. The molecule has 6 heteroatoms. The van der Waals surface area contributed by atoms with Crippen LogP contribution in [0.3, 0.4) is 0 Å². The summed E-state index contributed by atoms with van der Waals surface area (Å²) in [5.41, 5.74) is 7.04. The summed E-state index contributed by atoms with van der Waals surface area (Å²) in [6, 6.07) is 9.99. The maximum atomic E-state index is 12.2. The van der Waals surface area contributed by atoms with Crippen LogP contribution in [0.15, 0.2) is 36.5 Å². The molecule has 1 amide bonds. The summed E-state index contributed by atoms with van der Waals surface area (Å²) in [5, 5.41) is 11.4. The minimum Gasteiger partial charge on any atom is -0.348 e. The minimum atomic E-state index is -0.169. The molecule has 1 aromatic heterocycles. The molecule has 0 atom stereocenters. The second-order valence-electron chi connectivity index (χ2n) is 5.44. The zero-order chi connectivity index (χ0) is 14.7. The third-order valence-electron chi connectivity index (χ3n) is 3.82. The number of amides is 1. The van der Waals surface area contributed by atoms with E-state index in [0.29, 0.717) is 5.69 Å². The maximum Gasteiger partial charge on any atom is 0.273 e. The largest absolute Gasteiger partial charge is 0.348 e. The Balaban J connectivity index is 1.64. The number of nitrogens with one attached hydrogen (secondary N) is 1. The molecule has 1 fully saturated rings. The molecule has 0 bridgehead atoms. The third kappa shape index (κ3) is 3.28. The van der Waals surface area contributed by atoms with Crippen LogP contribution in [0.2, 0.25) is 0 Å². The van der Waals surface area contributed by atoms with Gasteiger partial charge in [-0.15, -0.1) is 5.10 Å². The number of carbonyl (C=O) groups excluding carboxylic acids is 1. The number of nitrogens with two attached hydrogens (primary N) is 1. The Bertz CT molecular complexity index is 602. The molecule has 21 heavy (non-hydrogen) atoms. The Morgan fingerprint density at radius 2 is 1.90 bits per heavy atom. The van der Waals surface area contributed by atoms with Gasteiger partial charge >= 0.3 is 0 Å². The second kappa shape index (κ2) is 6.05. The molecule has 110 valence electrons. The van der Waals surface area contributed by atoms with Crippen molar-refractivity contribution < 1.29 is 4.79 Å². The number of benzene rings is 1. The summed E-state index contributed by atoms with van der Waals surface area (Å²) in [7, 11) is 0. The van der Waals surface area contributed by atoms with E-state index in [-0.39, 0.29) is 18.0 Å². The number of rotatable bonds is 3. The van der Waals surface area contributed by atoms with Crippen LogP contribution in [0, 0.1) is 0 Å². The lowest BCUT2D eigenvalue weighted by Gasteiger charge is -2.26. The SMILES string of the molecule is NC1CCC(NC(=O)c2cnn(-c3ccccc3)n2)CC1. The van der Waals surface area contributed by atoms with Gasteiger partial charge in [0.15, 0.2) is 5.69 Å². The topological polar surface area (TPSA) is 85.8 Å². The number of nitrogens with zero attached hydrogens (tertiary/aromatic N) is 3. The monoisotopic (exact) mass is 285 g/mol. The van der Waals surface area contributed by atoms with Gasteiger partial charge in [0, 0.05) is 12.1 Å². The highest BCUT2D eigenvalue weighted by molar-refractivity contribution is 5.92. The Kier molecular flexibility index (Phi) is 3.96. The van der Waals surface area contributed by atoms with Gasteiger partial charge in [0.1, 0.15) is 0 Å². The number of carbonyl (C=O) groups is 1. The molecule has 1 heterocycles. The van der Waals surface area contributed by atoms with E-state index in [1.54, 1.807) is 0 Å². The first-order valence-electron chi connectivity index (χ1n) is 7.26. The highest BCUT2D eigenvalue weighted by Crippen LogP contribution is 2.17. The third-order valence-corrected chi connectivity index (χ3v) is 3.82. The lowest BCUT2D eigenvalue weighted by atomic mass is 9.92. The molecule has 0 aliphatic heterocycles. The van der Waals surface area contributed by atoms with Crippen LogP contribution in [0.1, 0.15) is 36.2 Å². The van der Waals surface area contributed by atoms with Crippen LogP contribution < -0.4 is 11.1 Å². The van der Waals surface area contributed by atoms with E-state index in [2.05, 4.69) is 15.5 Å². The molecule has 1 saturated carbocycles. The zero-order valence-electron chi connectivity index (χ0n) is 11.8. The minimum absolute atomic E-state index is 0.169. The molecular weight excluding hydrogens is 266 g/mol. The van der Waals surface area contributed by atoms with Gasteiger partial charge in [-0.05, 0) is 37.8 Å². The van der Waals surface area contributed by atoms with Crippen LogP contribution in [-0.2, 0) is 0 Å². The van der Waals surface area contributed by atoms with Crippen molar-refractivity contribution in [3.63, 3.8) is 0 Å². The fourth-order valence-corrected chi connectivity index (χ4v) is 2.58. The average Bonchev–Trinajstić information content (AvgIpc) is 3.00. The second-order valence-corrected chi connectivity index (χ2v) is 5.44. The molecule has 1 aliphatic rings. The van der Waals surface area contributed by atoms with E-state index in [1.807, 2.05) is 30.3 Å². The molecule has 0 unspecified atom stereocenters. The Hall–Kier alpha value is -2.21. The maximum absolute atomic E-state index is 12.2. The molecule has 2 aromatic rings. The van der Waals surface area contributed by atoms with Crippen LogP contribution >= 0.6 is 0 Å². The van der Waals surface area contributed by atoms with Gasteiger partial charge in [-0.3, -0.25) is 4.79 Å². The number of para-hydroxylation sites is 1. The summed E-state index contributed by atoms with van der Waals surface area (Å²) in [5.74, 6) is -0.169. The summed E-state index contributed by atoms with van der Waals surface area (Å²) < 4.78 is 0. The number of hydrogen-bond acceptors (Lipinski definition) is 4. The zero-order valence-corrected chi connectivity index (χ0v) is 11.8. The quantitative estimate of drug-likeness (QED) is 0.889. The first-order chi connectivity index (χ1) is 10.2. The van der Waals surface area contributed by atoms with E-state index in [9.17, 15) is 4.79 Å². The van der Waals surface area contributed by atoms with Gasteiger partial charge in [0.2, 0.25) is 0 Å². The van der Waals surface area contributed by atoms with Gasteiger partial charge < -0.3 is 11.1 Å². The molecule has 0 saturated heterocycles. The lowest BCUT2D eigenvalue weighted by Crippen LogP contribution is -2.40. The molecule has 3 N–H and O–H groups in total. The Morgan fingerprint density at radius 1 is 1.19 bits per heavy atom. The molecule has 1 aromatic carbocycles. The highest BCUT2D eigenvalue weighted by Gasteiger charge is 2.21. The molecule has 0 spiro atoms. The Morgan fingerprint density at radius 3 is 2.62 bits per heavy atom. The molecular formula is C15H19N5O. The van der Waals surface area contributed by atoms with E-state index < -0.39 is 0 Å². The van der Waals surface area contributed by atoms with Crippen molar-refractivity contribution in [1.82, 2.24) is 20.3 Å². The molecule has 3 rings (SSSR count). The van der Waals surface area contributed by atoms with Crippen LogP contribution in [-0.4, -0.2) is 33.0 Å². The van der Waals surface area contributed by atoms with Crippen LogP contribution in [0.4, 0.5) is 0 Å². The number of hydrogen-bond donors (Lipinski definition) is 2. The van der Waals surface area contributed by atoms with Crippen molar-refractivity contribution in [2.45, 2.75) is 37.8 Å². The fraction of sp³-hybridized carbons (Fsp3) is 0.400. The van der Waals surface area contributed by atoms with E-state index in [4.69, 9.17) is 5.73 Å². The van der Waals surface area contributed by atoms with Gasteiger partial charge in [-0.25, -0.2) is 0 Å². The fourth-order valence-electron chi connectivity index (χ4n) is 2.58. The van der Waals surface area contributed by atoms with Crippen LogP contribution in [0.5, 0.6) is 0 Å². The highest BCUT2D eigenvalue weighted by atomic mass is 16.2. The van der Waals surface area contributed by atoms with Crippen molar-refractivity contribution in [1.29, 1.82) is 0 Å². The molecule has 1 aliphatic carbocycles. The summed E-state index contributed by atoms with van der Waals surface area (Å²) in [6.45, 7) is 0. The Labute approximate surface area is 123 Å². The van der Waals surface area contributed by atoms with Crippen molar-refractivity contribution in [2.75, 3.05) is 0 Å². The summed E-state index contributed by atoms with van der Waals surface area (Å²) >= 11 is 0. The van der Waals surface area contributed by atoms with E-state index in [1.165, 1.54) is 11.0 Å². The van der Waals surface area contributed by atoms with Crippen LogP contribution in [0.25, 0.3) is 5.69 Å². The van der Waals surface area contributed by atoms with Gasteiger partial charge in [0.05, 0.1) is 11.9 Å². The van der Waals surface area contributed by atoms with Crippen molar-refractivity contribution in [3.05, 3.63) is 42.2 Å². The predicted molar refractivity (Wildman–Crippen MR) is 79.1 cm³/mol. The summed E-state index contributed by atoms with van der Waals surface area (Å²) in [6.07, 6.45) is 5.28. The van der Waals surface area contributed by atoms with E-state index in [0.717, 1.165) is 31.4 Å². The van der Waals surface area contributed by atoms with Crippen molar-refractivity contribution >= 4 is 5.91 Å². The van der Waals surface area contributed by atoms with Gasteiger partial charge in [-0.1, -0.05) is 18.2 Å². The lowest BCUT2D eigenvalue weighted by molar-refractivity contribution is 0.0920. The van der Waals surface area contributed by atoms with Gasteiger partial charge in [0.25, 0.3) is 5.91 Å². The standard InChI is InChI=1S/C15H19N5O/c16-11-6-8-12(9-7-11)18-15(21)14-10-17-20(19-14)13-4-2-1-3-5-13/h1-5,10-12H,6-9,16H2,(H,18,21). The molecule has 0 radical (unpaired) electrons. The first-order valence-corrected chi connectivity index (χ1v) is 7.26. The smallest absolute Gasteiger partial charge is 0.273 e.